The molecular formula is C24H27N3O5. The van der Waals surface area contributed by atoms with Crippen LogP contribution in [0.3, 0.4) is 0 Å². The number of hydrogen-bond acceptors (Lipinski definition) is 5. The molecule has 8 nitrogen and oxygen atoms in total. The summed E-state index contributed by atoms with van der Waals surface area (Å²) in [6.45, 7) is 5.36. The van der Waals surface area contributed by atoms with Gasteiger partial charge < -0.3 is 19.4 Å². The first-order chi connectivity index (χ1) is 15.4. The van der Waals surface area contributed by atoms with Crippen molar-refractivity contribution >= 4 is 17.7 Å². The van der Waals surface area contributed by atoms with Crippen molar-refractivity contribution in [2.45, 2.75) is 51.3 Å². The van der Waals surface area contributed by atoms with E-state index in [1.807, 2.05) is 32.0 Å². The van der Waals surface area contributed by atoms with Crippen molar-refractivity contribution in [2.75, 3.05) is 19.8 Å². The van der Waals surface area contributed by atoms with Gasteiger partial charge in [0.2, 0.25) is 0 Å². The number of benzene rings is 1. The highest BCUT2D eigenvalue weighted by Crippen LogP contribution is 2.41. The maximum Gasteiger partial charge on any atom is 0.325 e. The number of para-hydroxylation sites is 1. The third-order valence-corrected chi connectivity index (χ3v) is 6.84. The third-order valence-electron chi connectivity index (χ3n) is 6.84. The second kappa shape index (κ2) is 7.78. The number of hydrogen-bond donors (Lipinski definition) is 1. The number of imide groups is 1. The lowest BCUT2D eigenvalue weighted by atomic mass is 9.84. The number of carbonyl (C=O) groups excluding carboxylic acids is 3. The van der Waals surface area contributed by atoms with Crippen molar-refractivity contribution < 1.29 is 23.9 Å². The summed E-state index contributed by atoms with van der Waals surface area (Å²) in [6, 6.07) is 8.50. The van der Waals surface area contributed by atoms with Gasteiger partial charge in [-0.2, -0.15) is 0 Å². The number of Topliss-reactive ketones (excluding diaryl/α,β-unsaturated/α-hetero) is 1. The van der Waals surface area contributed by atoms with E-state index in [1.54, 1.807) is 12.1 Å². The first-order valence-corrected chi connectivity index (χ1v) is 11.1. The monoisotopic (exact) mass is 437 g/mol. The number of nitrogens with one attached hydrogen (secondary N) is 1. The van der Waals surface area contributed by atoms with Gasteiger partial charge in [0, 0.05) is 42.1 Å². The summed E-state index contributed by atoms with van der Waals surface area (Å²) in [5, 5.41) is 2.85. The lowest BCUT2D eigenvalue weighted by molar-refractivity contribution is -0.132. The van der Waals surface area contributed by atoms with E-state index in [0.717, 1.165) is 35.7 Å². The molecule has 32 heavy (non-hydrogen) atoms. The fourth-order valence-corrected chi connectivity index (χ4v) is 5.10. The highest BCUT2D eigenvalue weighted by molar-refractivity contribution is 6.12. The fourth-order valence-electron chi connectivity index (χ4n) is 5.10. The predicted octanol–water partition coefficient (Wildman–Crippen LogP) is 2.70. The Hall–Kier alpha value is -3.13. The zero-order valence-corrected chi connectivity index (χ0v) is 18.3. The van der Waals surface area contributed by atoms with Crippen LogP contribution in [0.5, 0.6) is 5.75 Å². The largest absolute Gasteiger partial charge is 0.493 e. The summed E-state index contributed by atoms with van der Waals surface area (Å²) in [4.78, 5) is 40.5. The molecule has 2 atom stereocenters. The Bertz CT molecular complexity index is 1100. The van der Waals surface area contributed by atoms with Crippen LogP contribution in [0.25, 0.3) is 0 Å². The molecule has 0 saturated carbocycles. The molecule has 3 aliphatic heterocycles. The smallest absolute Gasteiger partial charge is 0.325 e. The third kappa shape index (κ3) is 3.21. The summed E-state index contributed by atoms with van der Waals surface area (Å²) in [6.07, 6.45) is 2.55. The molecule has 1 aromatic carbocycles. The molecule has 2 saturated heterocycles. The number of urea groups is 1. The molecule has 2 fully saturated rings. The average Bonchev–Trinajstić information content (AvgIpc) is 3.46. The van der Waals surface area contributed by atoms with Crippen LogP contribution in [-0.4, -0.2) is 53.1 Å². The van der Waals surface area contributed by atoms with Crippen LogP contribution in [0.4, 0.5) is 4.79 Å². The summed E-state index contributed by atoms with van der Waals surface area (Å²) in [7, 11) is 0. The van der Waals surface area contributed by atoms with E-state index in [-0.39, 0.29) is 18.4 Å². The van der Waals surface area contributed by atoms with Gasteiger partial charge in [-0.25, -0.2) is 4.79 Å². The molecule has 2 aromatic rings. The highest BCUT2D eigenvalue weighted by Gasteiger charge is 2.55. The van der Waals surface area contributed by atoms with Crippen molar-refractivity contribution in [3.05, 3.63) is 52.8 Å². The first kappa shape index (κ1) is 20.8. The molecule has 0 unspecified atom stereocenters. The predicted molar refractivity (Wildman–Crippen MR) is 116 cm³/mol. The van der Waals surface area contributed by atoms with Gasteiger partial charge in [-0.3, -0.25) is 14.5 Å². The fraction of sp³-hybridized carbons (Fsp3) is 0.458. The molecule has 4 heterocycles. The van der Waals surface area contributed by atoms with E-state index >= 15 is 0 Å². The second-order valence-corrected chi connectivity index (χ2v) is 8.78. The topological polar surface area (TPSA) is 89.9 Å². The Morgan fingerprint density at radius 1 is 1.22 bits per heavy atom. The zero-order chi connectivity index (χ0) is 22.5. The van der Waals surface area contributed by atoms with E-state index in [9.17, 15) is 14.4 Å². The summed E-state index contributed by atoms with van der Waals surface area (Å²) >= 11 is 0. The lowest BCUT2D eigenvalue weighted by Gasteiger charge is -2.33. The van der Waals surface area contributed by atoms with Crippen molar-refractivity contribution in [3.8, 4) is 5.75 Å². The van der Waals surface area contributed by atoms with Gasteiger partial charge in [-0.15, -0.1) is 0 Å². The molecular weight excluding hydrogens is 410 g/mol. The Labute approximate surface area is 186 Å². The average molecular weight is 437 g/mol. The van der Waals surface area contributed by atoms with Gasteiger partial charge in [0.05, 0.1) is 19.3 Å². The van der Waals surface area contributed by atoms with E-state index in [0.29, 0.717) is 36.4 Å². The van der Waals surface area contributed by atoms with Crippen molar-refractivity contribution in [1.29, 1.82) is 0 Å². The number of carbonyl (C=O) groups is 3. The van der Waals surface area contributed by atoms with Crippen LogP contribution < -0.4 is 10.1 Å². The van der Waals surface area contributed by atoms with Gasteiger partial charge in [0.15, 0.2) is 11.3 Å². The SMILES string of the molecule is Cc1cc(C(=O)CN2C(=O)N[C@@]3(CCOc4ccccc43)C2=O)c(C)n1C[C@@H]1CCCO1. The van der Waals surface area contributed by atoms with Gasteiger partial charge in [-0.05, 0) is 38.8 Å². The summed E-state index contributed by atoms with van der Waals surface area (Å²) in [5.74, 6) is -0.0735. The molecule has 0 aliphatic carbocycles. The number of aromatic nitrogens is 1. The number of ketones is 1. The number of nitrogens with zero attached hydrogens (tertiary/aromatic N) is 2. The van der Waals surface area contributed by atoms with Crippen LogP contribution in [0.15, 0.2) is 30.3 Å². The normalized spacial score (nSPS) is 24.6. The Balaban J connectivity index is 1.38. The van der Waals surface area contributed by atoms with Crippen LogP contribution in [-0.2, 0) is 21.6 Å². The van der Waals surface area contributed by atoms with E-state index in [1.165, 1.54) is 0 Å². The number of aryl methyl sites for hydroxylation is 1. The second-order valence-electron chi connectivity index (χ2n) is 8.78. The van der Waals surface area contributed by atoms with Gasteiger partial charge in [0.1, 0.15) is 5.75 Å². The number of amides is 3. The Morgan fingerprint density at radius 2 is 2.03 bits per heavy atom. The molecule has 3 amide bonds. The number of rotatable bonds is 5. The summed E-state index contributed by atoms with van der Waals surface area (Å²) < 4.78 is 13.5. The number of fused-ring (bicyclic) bond motifs is 2. The van der Waals surface area contributed by atoms with Gasteiger partial charge >= 0.3 is 6.03 Å². The van der Waals surface area contributed by atoms with Crippen LogP contribution in [0, 0.1) is 13.8 Å². The molecule has 1 N–H and O–H groups in total. The lowest BCUT2D eigenvalue weighted by Crippen LogP contribution is -2.47. The molecule has 168 valence electrons. The molecule has 1 spiro atoms. The Morgan fingerprint density at radius 3 is 2.81 bits per heavy atom. The van der Waals surface area contributed by atoms with Crippen LogP contribution in [0.2, 0.25) is 0 Å². The summed E-state index contributed by atoms with van der Waals surface area (Å²) in [5.41, 5.74) is 1.79. The molecule has 3 aliphatic rings. The maximum atomic E-state index is 13.4. The minimum absolute atomic E-state index is 0.155. The van der Waals surface area contributed by atoms with Gasteiger partial charge in [0.25, 0.3) is 5.91 Å². The molecule has 0 radical (unpaired) electrons. The van der Waals surface area contributed by atoms with E-state index in [4.69, 9.17) is 9.47 Å². The minimum Gasteiger partial charge on any atom is -0.493 e. The van der Waals surface area contributed by atoms with Crippen molar-refractivity contribution in [3.63, 3.8) is 0 Å². The molecule has 0 bridgehead atoms. The van der Waals surface area contributed by atoms with Gasteiger partial charge in [-0.1, -0.05) is 18.2 Å². The molecule has 8 heteroatoms. The standard InChI is InChI=1S/C24H27N3O5/c1-15-12-18(16(2)26(15)13-17-6-5-10-31-17)20(28)14-27-22(29)24(25-23(27)30)9-11-32-21-8-4-3-7-19(21)24/h3-4,7-8,12,17H,5-6,9-11,13-14H2,1-2H3,(H,25,30)/t17-,24+/m0/s1. The molecule has 1 aromatic heterocycles. The van der Waals surface area contributed by atoms with Crippen LogP contribution >= 0.6 is 0 Å². The first-order valence-electron chi connectivity index (χ1n) is 11.1. The van der Waals surface area contributed by atoms with Crippen molar-refractivity contribution in [1.82, 2.24) is 14.8 Å². The quantitative estimate of drug-likeness (QED) is 0.574. The van der Waals surface area contributed by atoms with E-state index in [2.05, 4.69) is 9.88 Å². The Kier molecular flexibility index (Phi) is 5.04. The minimum atomic E-state index is -1.18. The molecule has 5 rings (SSSR count). The van der Waals surface area contributed by atoms with Crippen molar-refractivity contribution in [2.24, 2.45) is 0 Å². The van der Waals surface area contributed by atoms with Crippen LogP contribution in [0.1, 0.15) is 46.6 Å². The maximum absolute atomic E-state index is 13.4. The highest BCUT2D eigenvalue weighted by atomic mass is 16.5. The van der Waals surface area contributed by atoms with E-state index < -0.39 is 17.5 Å². The number of ether oxygens (including phenoxy) is 2. The zero-order valence-electron chi connectivity index (χ0n) is 18.3.